The Bertz CT molecular complexity index is 374. The second-order valence-corrected chi connectivity index (χ2v) is 5.03. The van der Waals surface area contributed by atoms with Crippen molar-refractivity contribution in [2.24, 2.45) is 0 Å². The van der Waals surface area contributed by atoms with Crippen molar-refractivity contribution in [1.82, 2.24) is 5.32 Å². The van der Waals surface area contributed by atoms with Crippen molar-refractivity contribution in [1.29, 1.82) is 0 Å². The average molecular weight is 287 g/mol. The van der Waals surface area contributed by atoms with Crippen LogP contribution in [-0.2, 0) is 0 Å². The molecular weight excluding hydrogens is 271 g/mol. The molecule has 0 atom stereocenters. The van der Waals surface area contributed by atoms with Crippen LogP contribution in [0.3, 0.4) is 0 Å². The first-order chi connectivity index (χ1) is 7.61. The zero-order valence-corrected chi connectivity index (χ0v) is 11.2. The van der Waals surface area contributed by atoms with E-state index in [-0.39, 0.29) is 5.82 Å². The standard InChI is InChI=1S/C12H16BrFN2/c1-8-10(13)7-11(14)9(2)12(8)16-5-3-15-4-6-16/h7,15H,3-6H2,1-2H3. The van der Waals surface area contributed by atoms with E-state index in [2.05, 4.69) is 26.1 Å². The lowest BCUT2D eigenvalue weighted by atomic mass is 10.1. The topological polar surface area (TPSA) is 15.3 Å². The molecule has 0 saturated carbocycles. The van der Waals surface area contributed by atoms with E-state index in [4.69, 9.17) is 0 Å². The van der Waals surface area contributed by atoms with Gasteiger partial charge in [-0.25, -0.2) is 4.39 Å². The smallest absolute Gasteiger partial charge is 0.129 e. The minimum absolute atomic E-state index is 0.133. The number of benzene rings is 1. The predicted octanol–water partition coefficient (Wildman–Crippen LogP) is 2.61. The summed E-state index contributed by atoms with van der Waals surface area (Å²) in [6, 6.07) is 1.55. The highest BCUT2D eigenvalue weighted by Gasteiger charge is 2.18. The quantitative estimate of drug-likeness (QED) is 0.854. The van der Waals surface area contributed by atoms with Crippen LogP contribution in [0.2, 0.25) is 0 Å². The van der Waals surface area contributed by atoms with Crippen molar-refractivity contribution in [3.63, 3.8) is 0 Å². The molecule has 1 saturated heterocycles. The first-order valence-corrected chi connectivity index (χ1v) is 6.31. The maximum Gasteiger partial charge on any atom is 0.129 e. The summed E-state index contributed by atoms with van der Waals surface area (Å²) in [7, 11) is 0. The molecule has 0 radical (unpaired) electrons. The molecule has 0 unspecified atom stereocenters. The Morgan fingerprint density at radius 3 is 2.50 bits per heavy atom. The van der Waals surface area contributed by atoms with Gasteiger partial charge in [-0.05, 0) is 25.5 Å². The van der Waals surface area contributed by atoms with Gasteiger partial charge in [-0.3, -0.25) is 0 Å². The summed E-state index contributed by atoms with van der Waals surface area (Å²) < 4.78 is 14.6. The van der Waals surface area contributed by atoms with E-state index in [0.717, 1.165) is 47.5 Å². The molecule has 1 aliphatic rings. The molecule has 1 N–H and O–H groups in total. The number of nitrogens with zero attached hydrogens (tertiary/aromatic N) is 1. The highest BCUT2D eigenvalue weighted by atomic mass is 79.9. The van der Waals surface area contributed by atoms with Gasteiger partial charge in [-0.15, -0.1) is 0 Å². The SMILES string of the molecule is Cc1c(F)cc(Br)c(C)c1N1CCNCC1. The Balaban J connectivity index is 2.45. The predicted molar refractivity (Wildman–Crippen MR) is 68.7 cm³/mol. The Morgan fingerprint density at radius 2 is 1.88 bits per heavy atom. The van der Waals surface area contributed by atoms with Gasteiger partial charge < -0.3 is 10.2 Å². The molecule has 1 aromatic rings. The highest BCUT2D eigenvalue weighted by molar-refractivity contribution is 9.10. The van der Waals surface area contributed by atoms with Gasteiger partial charge in [0.15, 0.2) is 0 Å². The lowest BCUT2D eigenvalue weighted by Crippen LogP contribution is -2.44. The summed E-state index contributed by atoms with van der Waals surface area (Å²) >= 11 is 3.42. The minimum Gasteiger partial charge on any atom is -0.368 e. The molecular formula is C12H16BrFN2. The van der Waals surface area contributed by atoms with Crippen LogP contribution in [0.5, 0.6) is 0 Å². The third-order valence-corrected chi connectivity index (χ3v) is 3.94. The largest absolute Gasteiger partial charge is 0.368 e. The Kier molecular flexibility index (Phi) is 3.50. The fourth-order valence-corrected chi connectivity index (χ4v) is 2.59. The molecule has 0 aromatic heterocycles. The number of halogens is 2. The number of nitrogens with one attached hydrogen (secondary N) is 1. The van der Waals surface area contributed by atoms with Crippen molar-refractivity contribution >= 4 is 21.6 Å². The van der Waals surface area contributed by atoms with Gasteiger partial charge >= 0.3 is 0 Å². The second-order valence-electron chi connectivity index (χ2n) is 4.18. The summed E-state index contributed by atoms with van der Waals surface area (Å²) in [5.74, 6) is -0.133. The molecule has 1 heterocycles. The fourth-order valence-electron chi connectivity index (χ4n) is 2.20. The molecule has 0 spiro atoms. The number of piperazine rings is 1. The van der Waals surface area contributed by atoms with Gasteiger partial charge in [-0.1, -0.05) is 15.9 Å². The first-order valence-electron chi connectivity index (χ1n) is 5.52. The van der Waals surface area contributed by atoms with Gasteiger partial charge in [0.2, 0.25) is 0 Å². The molecule has 2 nitrogen and oxygen atoms in total. The maximum absolute atomic E-state index is 13.7. The molecule has 2 rings (SSSR count). The zero-order chi connectivity index (χ0) is 11.7. The van der Waals surface area contributed by atoms with E-state index in [9.17, 15) is 4.39 Å². The van der Waals surface area contributed by atoms with E-state index in [1.165, 1.54) is 0 Å². The normalized spacial score (nSPS) is 16.6. The van der Waals surface area contributed by atoms with Crippen LogP contribution in [0.4, 0.5) is 10.1 Å². The Hall–Kier alpha value is -0.610. The maximum atomic E-state index is 13.7. The van der Waals surface area contributed by atoms with Crippen LogP contribution >= 0.6 is 15.9 Å². The molecule has 88 valence electrons. The van der Waals surface area contributed by atoms with Crippen LogP contribution in [0.1, 0.15) is 11.1 Å². The lowest BCUT2D eigenvalue weighted by molar-refractivity contribution is 0.580. The summed E-state index contributed by atoms with van der Waals surface area (Å²) in [6.45, 7) is 7.70. The van der Waals surface area contributed by atoms with E-state index in [1.807, 2.05) is 13.8 Å². The van der Waals surface area contributed by atoms with E-state index < -0.39 is 0 Å². The van der Waals surface area contributed by atoms with E-state index >= 15 is 0 Å². The van der Waals surface area contributed by atoms with Gasteiger partial charge in [0.1, 0.15) is 5.82 Å². The van der Waals surface area contributed by atoms with Crippen LogP contribution in [-0.4, -0.2) is 26.2 Å². The minimum atomic E-state index is -0.133. The van der Waals surface area contributed by atoms with Crippen LogP contribution < -0.4 is 10.2 Å². The molecule has 4 heteroatoms. The summed E-state index contributed by atoms with van der Waals surface area (Å²) in [5, 5.41) is 3.31. The summed E-state index contributed by atoms with van der Waals surface area (Å²) in [5.41, 5.74) is 2.93. The molecule has 0 bridgehead atoms. The summed E-state index contributed by atoms with van der Waals surface area (Å²) in [4.78, 5) is 2.26. The third-order valence-electron chi connectivity index (χ3n) is 3.11. The van der Waals surface area contributed by atoms with Gasteiger partial charge in [0.25, 0.3) is 0 Å². The first kappa shape index (κ1) is 11.9. The number of hydrogen-bond acceptors (Lipinski definition) is 2. The second kappa shape index (κ2) is 4.72. The molecule has 16 heavy (non-hydrogen) atoms. The van der Waals surface area contributed by atoms with Crippen molar-refractivity contribution in [2.75, 3.05) is 31.1 Å². The summed E-state index contributed by atoms with van der Waals surface area (Å²) in [6.07, 6.45) is 0. The van der Waals surface area contributed by atoms with Crippen molar-refractivity contribution in [3.8, 4) is 0 Å². The van der Waals surface area contributed by atoms with Crippen molar-refractivity contribution in [2.45, 2.75) is 13.8 Å². The average Bonchev–Trinajstić information content (AvgIpc) is 2.28. The van der Waals surface area contributed by atoms with Crippen LogP contribution in [0, 0.1) is 19.7 Å². The third kappa shape index (κ3) is 2.09. The van der Waals surface area contributed by atoms with Crippen LogP contribution in [0.15, 0.2) is 10.5 Å². The van der Waals surface area contributed by atoms with Gasteiger partial charge in [0.05, 0.1) is 0 Å². The number of hydrogen-bond donors (Lipinski definition) is 1. The molecule has 1 aliphatic heterocycles. The Morgan fingerprint density at radius 1 is 1.25 bits per heavy atom. The van der Waals surface area contributed by atoms with Gasteiger partial charge in [0, 0.05) is 41.9 Å². The van der Waals surface area contributed by atoms with Crippen molar-refractivity contribution < 1.29 is 4.39 Å². The van der Waals surface area contributed by atoms with Crippen LogP contribution in [0.25, 0.3) is 0 Å². The fraction of sp³-hybridized carbons (Fsp3) is 0.500. The highest BCUT2D eigenvalue weighted by Crippen LogP contribution is 2.32. The van der Waals surface area contributed by atoms with E-state index in [1.54, 1.807) is 6.07 Å². The number of anilines is 1. The van der Waals surface area contributed by atoms with E-state index in [0.29, 0.717) is 0 Å². The van der Waals surface area contributed by atoms with Crippen molar-refractivity contribution in [3.05, 3.63) is 27.5 Å². The van der Waals surface area contributed by atoms with Gasteiger partial charge in [-0.2, -0.15) is 0 Å². The molecule has 0 amide bonds. The Labute approximate surface area is 104 Å². The number of rotatable bonds is 1. The lowest BCUT2D eigenvalue weighted by Gasteiger charge is -2.32. The molecule has 1 aromatic carbocycles. The molecule has 1 fully saturated rings. The zero-order valence-electron chi connectivity index (χ0n) is 9.61. The molecule has 0 aliphatic carbocycles. The monoisotopic (exact) mass is 286 g/mol.